The number of rotatable bonds is 9. The summed E-state index contributed by atoms with van der Waals surface area (Å²) in [7, 11) is 0. The van der Waals surface area contributed by atoms with Crippen molar-refractivity contribution in [3.05, 3.63) is 48.3 Å². The molecule has 0 saturated carbocycles. The first-order chi connectivity index (χ1) is 10.3. The Kier molecular flexibility index (Phi) is 6.83. The average Bonchev–Trinajstić information content (AvgIpc) is 2.98. The molecule has 0 spiro atoms. The monoisotopic (exact) mass is 303 g/mol. The minimum absolute atomic E-state index is 0.535. The van der Waals surface area contributed by atoms with Crippen LogP contribution < -0.4 is 5.32 Å². The SMILES string of the molecule is CCC(CC)n1ccc(CNCCSc2ccccc2)n1. The molecule has 21 heavy (non-hydrogen) atoms. The molecule has 0 aliphatic heterocycles. The van der Waals surface area contributed by atoms with Crippen molar-refractivity contribution in [3.63, 3.8) is 0 Å². The van der Waals surface area contributed by atoms with Crippen LogP contribution in [0.25, 0.3) is 0 Å². The third-order valence-electron chi connectivity index (χ3n) is 3.58. The van der Waals surface area contributed by atoms with Gasteiger partial charge in [-0.2, -0.15) is 5.10 Å². The van der Waals surface area contributed by atoms with Crippen molar-refractivity contribution in [2.75, 3.05) is 12.3 Å². The highest BCUT2D eigenvalue weighted by Gasteiger charge is 2.07. The molecule has 2 aromatic rings. The lowest BCUT2D eigenvalue weighted by atomic mass is 10.2. The van der Waals surface area contributed by atoms with E-state index in [2.05, 4.69) is 71.5 Å². The first kappa shape index (κ1) is 16.1. The lowest BCUT2D eigenvalue weighted by Gasteiger charge is -2.12. The predicted molar refractivity (Wildman–Crippen MR) is 90.7 cm³/mol. The maximum absolute atomic E-state index is 4.66. The molecule has 0 atom stereocenters. The van der Waals surface area contributed by atoms with Crippen molar-refractivity contribution >= 4 is 11.8 Å². The first-order valence-corrected chi connectivity index (χ1v) is 8.74. The quantitative estimate of drug-likeness (QED) is 0.558. The maximum atomic E-state index is 4.66. The fraction of sp³-hybridized carbons (Fsp3) is 0.471. The summed E-state index contributed by atoms with van der Waals surface area (Å²) in [5, 5.41) is 8.12. The van der Waals surface area contributed by atoms with Crippen molar-refractivity contribution < 1.29 is 0 Å². The van der Waals surface area contributed by atoms with Gasteiger partial charge in [0.25, 0.3) is 0 Å². The molecule has 1 aromatic carbocycles. The Hall–Kier alpha value is -1.26. The van der Waals surface area contributed by atoms with E-state index in [0.29, 0.717) is 6.04 Å². The summed E-state index contributed by atoms with van der Waals surface area (Å²) in [5.41, 5.74) is 1.13. The van der Waals surface area contributed by atoms with Gasteiger partial charge in [0.05, 0.1) is 11.7 Å². The number of aromatic nitrogens is 2. The Morgan fingerprint density at radius 3 is 2.62 bits per heavy atom. The van der Waals surface area contributed by atoms with E-state index in [4.69, 9.17) is 0 Å². The second kappa shape index (κ2) is 8.90. The normalized spacial score (nSPS) is 11.2. The topological polar surface area (TPSA) is 29.9 Å². The molecular formula is C17H25N3S. The van der Waals surface area contributed by atoms with E-state index in [0.717, 1.165) is 37.4 Å². The van der Waals surface area contributed by atoms with Crippen LogP contribution in [-0.2, 0) is 6.54 Å². The molecule has 0 fully saturated rings. The highest BCUT2D eigenvalue weighted by molar-refractivity contribution is 7.99. The number of hydrogen-bond acceptors (Lipinski definition) is 3. The summed E-state index contributed by atoms with van der Waals surface area (Å²) in [6, 6.07) is 13.2. The number of benzene rings is 1. The molecular weight excluding hydrogens is 278 g/mol. The lowest BCUT2D eigenvalue weighted by molar-refractivity contribution is 0.424. The molecule has 114 valence electrons. The Balaban J connectivity index is 1.67. The van der Waals surface area contributed by atoms with Crippen molar-refractivity contribution in [2.45, 2.75) is 44.2 Å². The summed E-state index contributed by atoms with van der Waals surface area (Å²) >= 11 is 1.88. The number of nitrogens with zero attached hydrogens (tertiary/aromatic N) is 2. The highest BCUT2D eigenvalue weighted by atomic mass is 32.2. The van der Waals surface area contributed by atoms with Crippen LogP contribution >= 0.6 is 11.8 Å². The Morgan fingerprint density at radius 2 is 1.90 bits per heavy atom. The number of hydrogen-bond donors (Lipinski definition) is 1. The zero-order valence-electron chi connectivity index (χ0n) is 13.0. The molecule has 0 aliphatic rings. The van der Waals surface area contributed by atoms with E-state index in [1.54, 1.807) is 0 Å². The largest absolute Gasteiger partial charge is 0.310 e. The third-order valence-corrected chi connectivity index (χ3v) is 4.59. The van der Waals surface area contributed by atoms with Crippen molar-refractivity contribution in [1.29, 1.82) is 0 Å². The smallest absolute Gasteiger partial charge is 0.0762 e. The van der Waals surface area contributed by atoms with Crippen molar-refractivity contribution in [2.24, 2.45) is 0 Å². The van der Waals surface area contributed by atoms with Gasteiger partial charge >= 0.3 is 0 Å². The summed E-state index contributed by atoms with van der Waals surface area (Å²) in [5.74, 6) is 1.08. The molecule has 3 nitrogen and oxygen atoms in total. The van der Waals surface area contributed by atoms with Gasteiger partial charge in [-0.1, -0.05) is 32.0 Å². The van der Waals surface area contributed by atoms with E-state index < -0.39 is 0 Å². The van der Waals surface area contributed by atoms with Gasteiger partial charge in [-0.15, -0.1) is 11.8 Å². The zero-order chi connectivity index (χ0) is 14.9. The Morgan fingerprint density at radius 1 is 1.14 bits per heavy atom. The van der Waals surface area contributed by atoms with Gasteiger partial charge < -0.3 is 5.32 Å². The lowest BCUT2D eigenvalue weighted by Crippen LogP contribution is -2.17. The van der Waals surface area contributed by atoms with Crippen LogP contribution in [0, 0.1) is 0 Å². The van der Waals surface area contributed by atoms with Gasteiger partial charge in [0.15, 0.2) is 0 Å². The summed E-state index contributed by atoms with van der Waals surface area (Å²) in [6.45, 7) is 6.28. The predicted octanol–water partition coefficient (Wildman–Crippen LogP) is 4.13. The number of nitrogens with one attached hydrogen (secondary N) is 1. The van der Waals surface area contributed by atoms with Gasteiger partial charge in [-0.3, -0.25) is 4.68 Å². The third kappa shape index (κ3) is 5.21. The van der Waals surface area contributed by atoms with Crippen LogP contribution in [0.4, 0.5) is 0 Å². The van der Waals surface area contributed by atoms with Crippen LogP contribution in [0.15, 0.2) is 47.5 Å². The molecule has 0 saturated heterocycles. The van der Waals surface area contributed by atoms with Crippen LogP contribution in [-0.4, -0.2) is 22.1 Å². The molecule has 1 heterocycles. The molecule has 2 rings (SSSR count). The summed E-state index contributed by atoms with van der Waals surface area (Å²) in [4.78, 5) is 1.33. The van der Waals surface area contributed by atoms with E-state index in [-0.39, 0.29) is 0 Å². The van der Waals surface area contributed by atoms with Crippen molar-refractivity contribution in [3.8, 4) is 0 Å². The molecule has 0 unspecified atom stereocenters. The van der Waals surface area contributed by atoms with Crippen LogP contribution in [0.1, 0.15) is 38.4 Å². The van der Waals surface area contributed by atoms with E-state index in [1.807, 2.05) is 11.8 Å². The molecule has 4 heteroatoms. The van der Waals surface area contributed by atoms with Gasteiger partial charge in [0.1, 0.15) is 0 Å². The van der Waals surface area contributed by atoms with Crippen LogP contribution in [0.3, 0.4) is 0 Å². The Labute approximate surface area is 132 Å². The fourth-order valence-electron chi connectivity index (χ4n) is 2.31. The maximum Gasteiger partial charge on any atom is 0.0762 e. The minimum atomic E-state index is 0.535. The fourth-order valence-corrected chi connectivity index (χ4v) is 3.14. The summed E-state index contributed by atoms with van der Waals surface area (Å²) in [6.07, 6.45) is 4.38. The van der Waals surface area contributed by atoms with Gasteiger partial charge in [0, 0.05) is 29.9 Å². The van der Waals surface area contributed by atoms with E-state index in [9.17, 15) is 0 Å². The van der Waals surface area contributed by atoms with E-state index >= 15 is 0 Å². The van der Waals surface area contributed by atoms with Crippen LogP contribution in [0.5, 0.6) is 0 Å². The second-order valence-electron chi connectivity index (χ2n) is 5.10. The Bertz CT molecular complexity index is 506. The van der Waals surface area contributed by atoms with Gasteiger partial charge in [-0.25, -0.2) is 0 Å². The molecule has 0 aliphatic carbocycles. The van der Waals surface area contributed by atoms with Gasteiger partial charge in [0.2, 0.25) is 0 Å². The standard InChI is InChI=1S/C17H25N3S/c1-3-16(4-2)20-12-10-15(19-20)14-18-11-13-21-17-8-6-5-7-9-17/h5-10,12,16,18H,3-4,11,13-14H2,1-2H3. The molecule has 0 bridgehead atoms. The summed E-state index contributed by atoms with van der Waals surface area (Å²) < 4.78 is 2.11. The van der Waals surface area contributed by atoms with Gasteiger partial charge in [-0.05, 0) is 31.0 Å². The van der Waals surface area contributed by atoms with Crippen LogP contribution in [0.2, 0.25) is 0 Å². The minimum Gasteiger partial charge on any atom is -0.310 e. The molecule has 1 N–H and O–H groups in total. The molecule has 0 radical (unpaired) electrons. The van der Waals surface area contributed by atoms with Crippen molar-refractivity contribution in [1.82, 2.24) is 15.1 Å². The second-order valence-corrected chi connectivity index (χ2v) is 6.26. The number of thioether (sulfide) groups is 1. The average molecular weight is 303 g/mol. The highest BCUT2D eigenvalue weighted by Crippen LogP contribution is 2.16. The molecule has 1 aromatic heterocycles. The first-order valence-electron chi connectivity index (χ1n) is 7.76. The van der Waals surface area contributed by atoms with E-state index in [1.165, 1.54) is 4.90 Å². The molecule has 0 amide bonds. The zero-order valence-corrected chi connectivity index (χ0v) is 13.8.